The Morgan fingerprint density at radius 1 is 0.862 bits per heavy atom. The molecule has 0 spiro atoms. The highest BCUT2D eigenvalue weighted by Gasteiger charge is 2.15. The Morgan fingerprint density at radius 3 is 2.45 bits per heavy atom. The van der Waals surface area contributed by atoms with E-state index in [-0.39, 0.29) is 0 Å². The number of para-hydroxylation sites is 1. The zero-order chi connectivity index (χ0) is 19.6. The van der Waals surface area contributed by atoms with Gasteiger partial charge in [0, 0.05) is 22.5 Å². The molecule has 2 heterocycles. The zero-order valence-electron chi connectivity index (χ0n) is 15.6. The molecule has 5 nitrogen and oxygen atoms in total. The summed E-state index contributed by atoms with van der Waals surface area (Å²) < 4.78 is 1.79. The first-order chi connectivity index (χ1) is 14.3. The summed E-state index contributed by atoms with van der Waals surface area (Å²) in [5, 5.41) is 14.0. The molecule has 5 aromatic rings. The highest BCUT2D eigenvalue weighted by atomic mass is 35.5. The van der Waals surface area contributed by atoms with E-state index in [0.717, 1.165) is 40.9 Å². The van der Waals surface area contributed by atoms with Gasteiger partial charge in [0.25, 0.3) is 0 Å². The molecular formula is C23H18ClN5. The predicted octanol–water partition coefficient (Wildman–Crippen LogP) is 5.25. The minimum absolute atomic E-state index is 0.687. The van der Waals surface area contributed by atoms with Crippen molar-refractivity contribution in [1.82, 2.24) is 19.8 Å². The number of hydrogen-bond donors (Lipinski definition) is 1. The van der Waals surface area contributed by atoms with Crippen LogP contribution in [0.25, 0.3) is 27.8 Å². The SMILES string of the molecule is Clc1ccc(-c2nnn3c2nc(NCCc2ccccc2)c2ccccc23)cc1. The quantitative estimate of drug-likeness (QED) is 0.438. The lowest BCUT2D eigenvalue weighted by molar-refractivity contribution is 0.876. The molecule has 0 aliphatic carbocycles. The first-order valence-corrected chi connectivity index (χ1v) is 9.85. The molecule has 0 amide bonds. The molecule has 0 unspecified atom stereocenters. The number of anilines is 1. The van der Waals surface area contributed by atoms with E-state index in [9.17, 15) is 0 Å². The van der Waals surface area contributed by atoms with E-state index in [0.29, 0.717) is 10.7 Å². The second-order valence-corrected chi connectivity index (χ2v) is 7.26. The van der Waals surface area contributed by atoms with Crippen molar-refractivity contribution in [2.75, 3.05) is 11.9 Å². The van der Waals surface area contributed by atoms with Gasteiger partial charge in [-0.1, -0.05) is 71.4 Å². The van der Waals surface area contributed by atoms with Crippen LogP contribution in [-0.2, 0) is 6.42 Å². The maximum absolute atomic E-state index is 6.04. The van der Waals surface area contributed by atoms with Gasteiger partial charge in [0.15, 0.2) is 5.65 Å². The summed E-state index contributed by atoms with van der Waals surface area (Å²) in [6.45, 7) is 0.787. The monoisotopic (exact) mass is 399 g/mol. The van der Waals surface area contributed by atoms with Crippen LogP contribution in [0.5, 0.6) is 0 Å². The summed E-state index contributed by atoms with van der Waals surface area (Å²) in [5.74, 6) is 0.835. The third-order valence-corrected chi connectivity index (χ3v) is 5.17. The van der Waals surface area contributed by atoms with E-state index in [1.165, 1.54) is 5.56 Å². The summed E-state index contributed by atoms with van der Waals surface area (Å²) in [4.78, 5) is 4.89. The normalized spacial score (nSPS) is 11.2. The molecule has 0 atom stereocenters. The molecule has 6 heteroatoms. The van der Waals surface area contributed by atoms with Crippen LogP contribution >= 0.6 is 11.6 Å². The van der Waals surface area contributed by atoms with Crippen molar-refractivity contribution in [3.8, 4) is 11.3 Å². The van der Waals surface area contributed by atoms with Crippen molar-refractivity contribution in [2.45, 2.75) is 6.42 Å². The third-order valence-electron chi connectivity index (χ3n) is 4.92. The summed E-state index contributed by atoms with van der Waals surface area (Å²) in [6, 6.07) is 26.1. The van der Waals surface area contributed by atoms with Crippen molar-refractivity contribution in [3.05, 3.63) is 89.4 Å². The number of nitrogens with one attached hydrogen (secondary N) is 1. The van der Waals surface area contributed by atoms with Gasteiger partial charge in [-0.15, -0.1) is 5.10 Å². The lowest BCUT2D eigenvalue weighted by Gasteiger charge is -2.10. The van der Waals surface area contributed by atoms with Gasteiger partial charge in [0.2, 0.25) is 0 Å². The van der Waals surface area contributed by atoms with E-state index in [1.807, 2.05) is 48.5 Å². The lowest BCUT2D eigenvalue weighted by atomic mass is 10.1. The van der Waals surface area contributed by atoms with Crippen molar-refractivity contribution >= 4 is 34.0 Å². The summed E-state index contributed by atoms with van der Waals surface area (Å²) in [6.07, 6.45) is 0.920. The van der Waals surface area contributed by atoms with Crippen LogP contribution in [0.4, 0.5) is 5.82 Å². The summed E-state index contributed by atoms with van der Waals surface area (Å²) >= 11 is 6.04. The Morgan fingerprint density at radius 2 is 1.62 bits per heavy atom. The van der Waals surface area contributed by atoms with Gasteiger partial charge < -0.3 is 5.32 Å². The van der Waals surface area contributed by atoms with E-state index in [4.69, 9.17) is 16.6 Å². The van der Waals surface area contributed by atoms with Crippen LogP contribution in [-0.4, -0.2) is 26.4 Å². The molecule has 0 bridgehead atoms. The maximum Gasteiger partial charge on any atom is 0.186 e. The zero-order valence-corrected chi connectivity index (χ0v) is 16.3. The number of hydrogen-bond acceptors (Lipinski definition) is 4. The fourth-order valence-corrected chi connectivity index (χ4v) is 3.59. The third kappa shape index (κ3) is 3.41. The molecule has 0 radical (unpaired) electrons. The van der Waals surface area contributed by atoms with Crippen molar-refractivity contribution in [3.63, 3.8) is 0 Å². The molecule has 0 aliphatic rings. The molecule has 0 saturated heterocycles. The van der Waals surface area contributed by atoms with Crippen molar-refractivity contribution in [2.24, 2.45) is 0 Å². The molecule has 1 N–H and O–H groups in total. The number of fused-ring (bicyclic) bond motifs is 3. The molecule has 0 saturated carbocycles. The van der Waals surface area contributed by atoms with E-state index < -0.39 is 0 Å². The van der Waals surface area contributed by atoms with Crippen LogP contribution in [0.1, 0.15) is 5.56 Å². The van der Waals surface area contributed by atoms with Gasteiger partial charge in [-0.2, -0.15) is 4.52 Å². The average molecular weight is 400 g/mol. The highest BCUT2D eigenvalue weighted by molar-refractivity contribution is 6.30. The Hall–Kier alpha value is -3.44. The van der Waals surface area contributed by atoms with Crippen LogP contribution in [0.15, 0.2) is 78.9 Å². The van der Waals surface area contributed by atoms with Gasteiger partial charge in [-0.3, -0.25) is 0 Å². The summed E-state index contributed by atoms with van der Waals surface area (Å²) in [7, 11) is 0. The molecule has 5 rings (SSSR count). The fraction of sp³-hybridized carbons (Fsp3) is 0.0870. The second kappa shape index (κ2) is 7.53. The second-order valence-electron chi connectivity index (χ2n) is 6.82. The Kier molecular flexibility index (Phi) is 4.58. The molecule has 142 valence electrons. The molecule has 0 aliphatic heterocycles. The number of nitrogens with zero attached hydrogens (tertiary/aromatic N) is 4. The Bertz CT molecular complexity index is 1280. The van der Waals surface area contributed by atoms with Gasteiger partial charge in [0.1, 0.15) is 11.5 Å². The van der Waals surface area contributed by atoms with Gasteiger partial charge in [0.05, 0.1) is 5.52 Å². The number of benzene rings is 3. The fourth-order valence-electron chi connectivity index (χ4n) is 3.46. The highest BCUT2D eigenvalue weighted by Crippen LogP contribution is 2.28. The largest absolute Gasteiger partial charge is 0.369 e. The maximum atomic E-state index is 6.04. The first-order valence-electron chi connectivity index (χ1n) is 9.47. The molecule has 3 aromatic carbocycles. The molecule has 29 heavy (non-hydrogen) atoms. The number of halogens is 1. The smallest absolute Gasteiger partial charge is 0.186 e. The minimum atomic E-state index is 0.687. The minimum Gasteiger partial charge on any atom is -0.369 e. The summed E-state index contributed by atoms with van der Waals surface area (Å²) in [5.41, 5.74) is 4.64. The topological polar surface area (TPSA) is 55.1 Å². The Balaban J connectivity index is 1.56. The van der Waals surface area contributed by atoms with Crippen LogP contribution in [0.3, 0.4) is 0 Å². The van der Waals surface area contributed by atoms with Crippen molar-refractivity contribution < 1.29 is 0 Å². The van der Waals surface area contributed by atoms with Crippen LogP contribution < -0.4 is 5.32 Å². The van der Waals surface area contributed by atoms with Gasteiger partial charge in [-0.25, -0.2) is 4.98 Å². The number of aromatic nitrogens is 4. The molecule has 2 aromatic heterocycles. The van der Waals surface area contributed by atoms with Gasteiger partial charge >= 0.3 is 0 Å². The lowest BCUT2D eigenvalue weighted by Crippen LogP contribution is -2.08. The number of rotatable bonds is 5. The predicted molar refractivity (Wildman–Crippen MR) is 117 cm³/mol. The van der Waals surface area contributed by atoms with Crippen LogP contribution in [0.2, 0.25) is 5.02 Å². The first kappa shape index (κ1) is 17.6. The molecular weight excluding hydrogens is 382 g/mol. The standard InChI is InChI=1S/C23H18ClN5/c24-18-12-10-17(11-13-18)21-23-26-22(25-15-14-16-6-2-1-3-7-16)19-8-4-5-9-20(19)29(23)28-27-21/h1-13H,14-15H2,(H,25,26). The van der Waals surface area contributed by atoms with Crippen LogP contribution in [0, 0.1) is 0 Å². The average Bonchev–Trinajstić information content (AvgIpc) is 3.19. The van der Waals surface area contributed by atoms with E-state index in [2.05, 4.69) is 46.0 Å². The van der Waals surface area contributed by atoms with Gasteiger partial charge in [-0.05, 0) is 36.2 Å². The Labute approximate surface area is 173 Å². The van der Waals surface area contributed by atoms with E-state index >= 15 is 0 Å². The van der Waals surface area contributed by atoms with E-state index in [1.54, 1.807) is 4.52 Å². The van der Waals surface area contributed by atoms with Crippen molar-refractivity contribution in [1.29, 1.82) is 0 Å². The molecule has 0 fully saturated rings.